The van der Waals surface area contributed by atoms with E-state index >= 15 is 0 Å². The number of aromatic nitrogens is 2. The van der Waals surface area contributed by atoms with E-state index in [9.17, 15) is 4.79 Å². The molecule has 0 atom stereocenters. The van der Waals surface area contributed by atoms with E-state index in [2.05, 4.69) is 17.0 Å². The van der Waals surface area contributed by atoms with Crippen molar-refractivity contribution >= 4 is 11.4 Å². The highest BCUT2D eigenvalue weighted by Gasteiger charge is 2.04. The fourth-order valence-electron chi connectivity index (χ4n) is 1.33. The molecule has 0 saturated heterocycles. The molecule has 2 aromatic heterocycles. The minimum Gasteiger partial charge on any atom is -0.349 e. The van der Waals surface area contributed by atoms with Gasteiger partial charge in [-0.15, -0.1) is 6.58 Å². The fraction of sp³-hybridized carbons (Fsp3) is 0.0909. The molecule has 15 heavy (non-hydrogen) atoms. The summed E-state index contributed by atoms with van der Waals surface area (Å²) in [5.74, 6) is -0.0985. The standard InChI is InChI=1S/C11H11N3O/c1-2-5-12-11(15)9-4-7-14-10(8-9)3-6-13-14/h2-4,6-8H,1,5H2,(H,12,15). The Morgan fingerprint density at radius 2 is 2.47 bits per heavy atom. The van der Waals surface area contributed by atoms with E-state index in [0.29, 0.717) is 12.1 Å². The Balaban J connectivity index is 2.27. The van der Waals surface area contributed by atoms with Gasteiger partial charge < -0.3 is 5.32 Å². The number of nitrogens with one attached hydrogen (secondary N) is 1. The number of hydrogen-bond acceptors (Lipinski definition) is 2. The summed E-state index contributed by atoms with van der Waals surface area (Å²) in [6.45, 7) is 4.01. The Kier molecular flexibility index (Phi) is 2.49. The summed E-state index contributed by atoms with van der Waals surface area (Å²) in [6.07, 6.45) is 5.11. The van der Waals surface area contributed by atoms with Crippen LogP contribution < -0.4 is 5.32 Å². The lowest BCUT2D eigenvalue weighted by Gasteiger charge is -2.02. The zero-order valence-electron chi connectivity index (χ0n) is 8.18. The molecule has 1 amide bonds. The summed E-state index contributed by atoms with van der Waals surface area (Å²) in [6, 6.07) is 5.38. The number of nitrogens with zero attached hydrogens (tertiary/aromatic N) is 2. The predicted octanol–water partition coefficient (Wildman–Crippen LogP) is 1.25. The van der Waals surface area contributed by atoms with Crippen LogP contribution in [0.15, 0.2) is 43.2 Å². The van der Waals surface area contributed by atoms with Crippen molar-refractivity contribution in [3.8, 4) is 0 Å². The normalized spacial score (nSPS) is 10.1. The van der Waals surface area contributed by atoms with Gasteiger partial charge in [-0.3, -0.25) is 4.79 Å². The Morgan fingerprint density at radius 1 is 1.60 bits per heavy atom. The summed E-state index contributed by atoms with van der Waals surface area (Å²) >= 11 is 0. The SMILES string of the molecule is C=CCNC(=O)c1ccn2nccc2c1. The average Bonchev–Trinajstić information content (AvgIpc) is 2.72. The Bertz CT molecular complexity index is 501. The summed E-state index contributed by atoms with van der Waals surface area (Å²) in [4.78, 5) is 11.6. The first-order valence-corrected chi connectivity index (χ1v) is 4.64. The van der Waals surface area contributed by atoms with Crippen LogP contribution in [-0.4, -0.2) is 22.1 Å². The summed E-state index contributed by atoms with van der Waals surface area (Å²) in [5.41, 5.74) is 1.53. The minimum atomic E-state index is -0.0985. The lowest BCUT2D eigenvalue weighted by atomic mass is 10.2. The van der Waals surface area contributed by atoms with Gasteiger partial charge in [0.25, 0.3) is 5.91 Å². The van der Waals surface area contributed by atoms with Crippen LogP contribution in [0.1, 0.15) is 10.4 Å². The second-order valence-corrected chi connectivity index (χ2v) is 3.11. The van der Waals surface area contributed by atoms with Crippen LogP contribution in [0.5, 0.6) is 0 Å². The lowest BCUT2D eigenvalue weighted by Crippen LogP contribution is -2.23. The topological polar surface area (TPSA) is 46.4 Å². The third-order valence-electron chi connectivity index (χ3n) is 2.07. The number of rotatable bonds is 3. The van der Waals surface area contributed by atoms with Crippen molar-refractivity contribution in [2.45, 2.75) is 0 Å². The van der Waals surface area contributed by atoms with Gasteiger partial charge in [-0.2, -0.15) is 5.10 Å². The molecule has 76 valence electrons. The molecule has 0 aliphatic heterocycles. The molecule has 0 spiro atoms. The maximum Gasteiger partial charge on any atom is 0.251 e. The number of hydrogen-bond donors (Lipinski definition) is 1. The molecule has 0 aliphatic carbocycles. The van der Waals surface area contributed by atoms with Crippen molar-refractivity contribution in [1.29, 1.82) is 0 Å². The van der Waals surface area contributed by atoms with Crippen LogP contribution in [0.2, 0.25) is 0 Å². The van der Waals surface area contributed by atoms with Gasteiger partial charge in [0, 0.05) is 24.5 Å². The van der Waals surface area contributed by atoms with Crippen molar-refractivity contribution in [3.63, 3.8) is 0 Å². The number of amides is 1. The van der Waals surface area contributed by atoms with E-state index in [-0.39, 0.29) is 5.91 Å². The lowest BCUT2D eigenvalue weighted by molar-refractivity contribution is 0.0958. The molecular formula is C11H11N3O. The van der Waals surface area contributed by atoms with E-state index in [4.69, 9.17) is 0 Å². The van der Waals surface area contributed by atoms with Crippen molar-refractivity contribution < 1.29 is 4.79 Å². The number of fused-ring (bicyclic) bond motifs is 1. The van der Waals surface area contributed by atoms with Gasteiger partial charge >= 0.3 is 0 Å². The molecule has 2 heterocycles. The second kappa shape index (κ2) is 3.96. The number of pyridine rings is 1. The smallest absolute Gasteiger partial charge is 0.251 e. The zero-order chi connectivity index (χ0) is 10.7. The van der Waals surface area contributed by atoms with Crippen LogP contribution in [0.4, 0.5) is 0 Å². The summed E-state index contributed by atoms with van der Waals surface area (Å²) in [7, 11) is 0. The van der Waals surface area contributed by atoms with Crippen LogP contribution >= 0.6 is 0 Å². The third-order valence-corrected chi connectivity index (χ3v) is 2.07. The molecule has 0 aromatic carbocycles. The molecule has 0 bridgehead atoms. The van der Waals surface area contributed by atoms with Crippen LogP contribution in [0.3, 0.4) is 0 Å². The molecule has 1 N–H and O–H groups in total. The molecule has 0 saturated carbocycles. The highest BCUT2D eigenvalue weighted by Crippen LogP contribution is 2.05. The first-order valence-electron chi connectivity index (χ1n) is 4.64. The Labute approximate surface area is 87.2 Å². The third kappa shape index (κ3) is 1.88. The van der Waals surface area contributed by atoms with Gasteiger partial charge in [0.05, 0.1) is 5.52 Å². The first-order chi connectivity index (χ1) is 7.31. The molecule has 4 heteroatoms. The minimum absolute atomic E-state index is 0.0985. The van der Waals surface area contributed by atoms with Crippen LogP contribution in [0.25, 0.3) is 5.52 Å². The van der Waals surface area contributed by atoms with E-state index in [0.717, 1.165) is 5.52 Å². The van der Waals surface area contributed by atoms with Crippen molar-refractivity contribution in [2.75, 3.05) is 6.54 Å². The molecule has 0 aliphatic rings. The van der Waals surface area contributed by atoms with Gasteiger partial charge in [-0.05, 0) is 18.2 Å². The molecule has 0 radical (unpaired) electrons. The number of carbonyl (C=O) groups excluding carboxylic acids is 1. The molecule has 0 unspecified atom stereocenters. The van der Waals surface area contributed by atoms with Gasteiger partial charge in [0.1, 0.15) is 0 Å². The van der Waals surface area contributed by atoms with E-state index in [1.807, 2.05) is 6.07 Å². The Morgan fingerprint density at radius 3 is 3.27 bits per heavy atom. The Hall–Kier alpha value is -2.10. The quantitative estimate of drug-likeness (QED) is 0.760. The van der Waals surface area contributed by atoms with Crippen LogP contribution in [-0.2, 0) is 0 Å². The van der Waals surface area contributed by atoms with Crippen molar-refractivity contribution in [2.24, 2.45) is 0 Å². The van der Waals surface area contributed by atoms with Crippen LogP contribution in [0, 0.1) is 0 Å². The molecule has 2 rings (SSSR count). The second-order valence-electron chi connectivity index (χ2n) is 3.11. The molecule has 0 fully saturated rings. The summed E-state index contributed by atoms with van der Waals surface area (Å²) < 4.78 is 1.71. The fourth-order valence-corrected chi connectivity index (χ4v) is 1.33. The van der Waals surface area contributed by atoms with Gasteiger partial charge in [-0.1, -0.05) is 6.08 Å². The molecular weight excluding hydrogens is 190 g/mol. The van der Waals surface area contributed by atoms with Crippen molar-refractivity contribution in [1.82, 2.24) is 14.9 Å². The van der Waals surface area contributed by atoms with Gasteiger partial charge in [-0.25, -0.2) is 4.52 Å². The predicted molar refractivity (Wildman–Crippen MR) is 57.7 cm³/mol. The zero-order valence-corrected chi connectivity index (χ0v) is 8.18. The summed E-state index contributed by atoms with van der Waals surface area (Å²) in [5, 5.41) is 6.77. The van der Waals surface area contributed by atoms with Gasteiger partial charge in [0.15, 0.2) is 0 Å². The largest absolute Gasteiger partial charge is 0.349 e. The first kappa shape index (κ1) is 9.45. The van der Waals surface area contributed by atoms with Crippen molar-refractivity contribution in [3.05, 3.63) is 48.8 Å². The monoisotopic (exact) mass is 201 g/mol. The maximum atomic E-state index is 11.6. The number of carbonyl (C=O) groups is 1. The van der Waals surface area contributed by atoms with E-state index in [1.54, 1.807) is 35.1 Å². The van der Waals surface area contributed by atoms with E-state index < -0.39 is 0 Å². The van der Waals surface area contributed by atoms with E-state index in [1.165, 1.54) is 0 Å². The average molecular weight is 201 g/mol. The highest BCUT2D eigenvalue weighted by molar-refractivity contribution is 5.95. The molecule has 2 aromatic rings. The molecule has 4 nitrogen and oxygen atoms in total. The maximum absolute atomic E-state index is 11.6. The highest BCUT2D eigenvalue weighted by atomic mass is 16.1. The van der Waals surface area contributed by atoms with Gasteiger partial charge in [0.2, 0.25) is 0 Å².